The van der Waals surface area contributed by atoms with E-state index in [-0.39, 0.29) is 6.03 Å². The zero-order valence-corrected chi connectivity index (χ0v) is 13.0. The molecule has 7 heteroatoms. The first kappa shape index (κ1) is 16.0. The van der Waals surface area contributed by atoms with Gasteiger partial charge in [0.1, 0.15) is 0 Å². The van der Waals surface area contributed by atoms with Gasteiger partial charge in [-0.1, -0.05) is 6.07 Å². The molecule has 2 aromatic rings. The highest BCUT2D eigenvalue weighted by Crippen LogP contribution is 2.07. The Kier molecular flexibility index (Phi) is 5.11. The highest BCUT2D eigenvalue weighted by atomic mass is 16.5. The fourth-order valence-electron chi connectivity index (χ4n) is 2.03. The summed E-state index contributed by atoms with van der Waals surface area (Å²) >= 11 is 0. The molecule has 0 atom stereocenters. The number of carbonyl (C=O) groups excluding carboxylic acids is 1. The lowest BCUT2D eigenvalue weighted by molar-refractivity contribution is 0.133. The third kappa shape index (κ3) is 4.85. The number of urea groups is 1. The summed E-state index contributed by atoms with van der Waals surface area (Å²) in [5.74, 6) is 0.488. The lowest BCUT2D eigenvalue weighted by Gasteiger charge is -2.24. The third-order valence-corrected chi connectivity index (χ3v) is 2.89. The largest absolute Gasteiger partial charge is 0.382 e. The molecule has 2 amide bonds. The van der Waals surface area contributed by atoms with Crippen molar-refractivity contribution in [1.29, 1.82) is 0 Å². The van der Waals surface area contributed by atoms with Crippen molar-refractivity contribution >= 4 is 11.8 Å². The summed E-state index contributed by atoms with van der Waals surface area (Å²) in [5, 5.41) is 9.83. The first-order valence-electron chi connectivity index (χ1n) is 7.00. The van der Waals surface area contributed by atoms with Crippen LogP contribution in [0, 0.1) is 0 Å². The molecule has 2 aromatic heterocycles. The van der Waals surface area contributed by atoms with Crippen LogP contribution in [0.2, 0.25) is 0 Å². The molecule has 22 heavy (non-hydrogen) atoms. The van der Waals surface area contributed by atoms with Crippen LogP contribution in [0.4, 0.5) is 10.6 Å². The van der Waals surface area contributed by atoms with E-state index in [0.717, 1.165) is 5.69 Å². The number of amides is 2. The standard InChI is InChI=1S/C15H21N5O2/c1-15(2,11-22-3)18-14(21)17-13-7-9-20(19-13)10-12-6-4-5-8-16-12/h4-9H,10-11H2,1-3H3,(H2,17,18,19,21). The lowest BCUT2D eigenvalue weighted by Crippen LogP contribution is -2.48. The summed E-state index contributed by atoms with van der Waals surface area (Å²) in [6.45, 7) is 4.75. The number of nitrogens with zero attached hydrogens (tertiary/aromatic N) is 3. The van der Waals surface area contributed by atoms with Gasteiger partial charge in [-0.05, 0) is 26.0 Å². The van der Waals surface area contributed by atoms with Crippen molar-refractivity contribution in [3.63, 3.8) is 0 Å². The van der Waals surface area contributed by atoms with Gasteiger partial charge in [-0.25, -0.2) is 4.79 Å². The Morgan fingerprint density at radius 3 is 2.86 bits per heavy atom. The molecule has 0 unspecified atom stereocenters. The average molecular weight is 303 g/mol. The maximum absolute atomic E-state index is 11.9. The molecule has 0 aliphatic rings. The van der Waals surface area contributed by atoms with Crippen LogP contribution in [-0.2, 0) is 11.3 Å². The molecule has 0 aliphatic heterocycles. The lowest BCUT2D eigenvalue weighted by atomic mass is 10.1. The van der Waals surface area contributed by atoms with Gasteiger partial charge in [0.25, 0.3) is 0 Å². The Morgan fingerprint density at radius 1 is 1.36 bits per heavy atom. The Morgan fingerprint density at radius 2 is 2.18 bits per heavy atom. The molecule has 0 saturated heterocycles. The Labute approximate surface area is 129 Å². The highest BCUT2D eigenvalue weighted by molar-refractivity contribution is 5.88. The van der Waals surface area contributed by atoms with Crippen molar-refractivity contribution in [3.8, 4) is 0 Å². The van der Waals surface area contributed by atoms with Crippen LogP contribution in [0.25, 0.3) is 0 Å². The van der Waals surface area contributed by atoms with Gasteiger partial charge >= 0.3 is 6.03 Å². The summed E-state index contributed by atoms with van der Waals surface area (Å²) in [6, 6.07) is 7.15. The van der Waals surface area contributed by atoms with Gasteiger partial charge in [0.2, 0.25) is 0 Å². The monoisotopic (exact) mass is 303 g/mol. The number of pyridine rings is 1. The number of hydrogen-bond acceptors (Lipinski definition) is 4. The molecule has 2 rings (SSSR count). The molecule has 0 saturated carbocycles. The van der Waals surface area contributed by atoms with Crippen molar-refractivity contribution < 1.29 is 9.53 Å². The van der Waals surface area contributed by atoms with Crippen LogP contribution in [-0.4, -0.2) is 40.1 Å². The molecular weight excluding hydrogens is 282 g/mol. The number of anilines is 1. The van der Waals surface area contributed by atoms with Crippen LogP contribution in [0.15, 0.2) is 36.7 Å². The van der Waals surface area contributed by atoms with Gasteiger partial charge in [0.05, 0.1) is 24.4 Å². The van der Waals surface area contributed by atoms with E-state index in [1.54, 1.807) is 30.3 Å². The maximum atomic E-state index is 11.9. The smallest absolute Gasteiger partial charge is 0.320 e. The fraction of sp³-hybridized carbons (Fsp3) is 0.400. The van der Waals surface area contributed by atoms with Gasteiger partial charge in [-0.15, -0.1) is 0 Å². The quantitative estimate of drug-likeness (QED) is 0.853. The molecule has 7 nitrogen and oxygen atoms in total. The van der Waals surface area contributed by atoms with E-state index in [9.17, 15) is 4.79 Å². The zero-order valence-electron chi connectivity index (χ0n) is 13.0. The van der Waals surface area contributed by atoms with Crippen molar-refractivity contribution in [2.45, 2.75) is 25.9 Å². The predicted octanol–water partition coefficient (Wildman–Crippen LogP) is 1.87. The number of rotatable bonds is 6. The number of hydrogen-bond donors (Lipinski definition) is 2. The molecule has 118 valence electrons. The molecule has 0 bridgehead atoms. The zero-order chi connectivity index (χ0) is 16.0. The first-order valence-corrected chi connectivity index (χ1v) is 7.00. The molecule has 2 heterocycles. The number of methoxy groups -OCH3 is 1. The average Bonchev–Trinajstić information content (AvgIpc) is 2.86. The second kappa shape index (κ2) is 7.04. The normalized spacial score (nSPS) is 11.2. The number of nitrogens with one attached hydrogen (secondary N) is 2. The minimum Gasteiger partial charge on any atom is -0.382 e. The van der Waals surface area contributed by atoms with E-state index in [0.29, 0.717) is 19.0 Å². The summed E-state index contributed by atoms with van der Waals surface area (Å²) in [7, 11) is 1.60. The van der Waals surface area contributed by atoms with Crippen LogP contribution in [0.5, 0.6) is 0 Å². The Hall–Kier alpha value is -2.41. The van der Waals surface area contributed by atoms with Crippen LogP contribution < -0.4 is 10.6 Å². The second-order valence-corrected chi connectivity index (χ2v) is 5.62. The molecule has 2 N–H and O–H groups in total. The summed E-state index contributed by atoms with van der Waals surface area (Å²) in [4.78, 5) is 16.2. The van der Waals surface area contributed by atoms with Gasteiger partial charge in [0.15, 0.2) is 5.82 Å². The van der Waals surface area contributed by atoms with Gasteiger partial charge < -0.3 is 10.1 Å². The van der Waals surface area contributed by atoms with E-state index in [1.807, 2.05) is 32.0 Å². The predicted molar refractivity (Wildman–Crippen MR) is 83.7 cm³/mol. The van der Waals surface area contributed by atoms with Crippen molar-refractivity contribution in [2.24, 2.45) is 0 Å². The highest BCUT2D eigenvalue weighted by Gasteiger charge is 2.20. The van der Waals surface area contributed by atoms with Gasteiger partial charge in [-0.3, -0.25) is 15.0 Å². The SMILES string of the molecule is COCC(C)(C)NC(=O)Nc1ccn(Cc2ccccn2)n1. The molecule has 0 aromatic carbocycles. The Balaban J connectivity index is 1.90. The maximum Gasteiger partial charge on any atom is 0.320 e. The molecule has 0 spiro atoms. The molecular formula is C15H21N5O2. The topological polar surface area (TPSA) is 81.1 Å². The molecule has 0 radical (unpaired) electrons. The molecule has 0 aliphatic carbocycles. The van der Waals surface area contributed by atoms with E-state index in [1.165, 1.54) is 0 Å². The summed E-state index contributed by atoms with van der Waals surface area (Å²) in [6.07, 6.45) is 3.54. The van der Waals surface area contributed by atoms with Crippen molar-refractivity contribution in [1.82, 2.24) is 20.1 Å². The number of ether oxygens (including phenoxy) is 1. The number of carbonyl (C=O) groups is 1. The van der Waals surface area contributed by atoms with Crippen LogP contribution >= 0.6 is 0 Å². The van der Waals surface area contributed by atoms with Crippen LogP contribution in [0.1, 0.15) is 19.5 Å². The fourth-order valence-corrected chi connectivity index (χ4v) is 2.03. The first-order chi connectivity index (χ1) is 10.5. The van der Waals surface area contributed by atoms with Gasteiger partial charge in [0, 0.05) is 25.6 Å². The van der Waals surface area contributed by atoms with E-state index < -0.39 is 5.54 Å². The number of aromatic nitrogens is 3. The third-order valence-electron chi connectivity index (χ3n) is 2.89. The second-order valence-electron chi connectivity index (χ2n) is 5.62. The van der Waals surface area contributed by atoms with Crippen molar-refractivity contribution in [3.05, 3.63) is 42.4 Å². The van der Waals surface area contributed by atoms with Gasteiger partial charge in [-0.2, -0.15) is 5.10 Å². The minimum atomic E-state index is -0.449. The van der Waals surface area contributed by atoms with Crippen LogP contribution in [0.3, 0.4) is 0 Å². The van der Waals surface area contributed by atoms with E-state index in [2.05, 4.69) is 20.7 Å². The molecule has 0 fully saturated rings. The summed E-state index contributed by atoms with van der Waals surface area (Å²) in [5.41, 5.74) is 0.456. The van der Waals surface area contributed by atoms with E-state index >= 15 is 0 Å². The van der Waals surface area contributed by atoms with Crippen molar-refractivity contribution in [2.75, 3.05) is 19.0 Å². The minimum absolute atomic E-state index is 0.315. The van der Waals surface area contributed by atoms with E-state index in [4.69, 9.17) is 4.74 Å². The Bertz CT molecular complexity index is 609. The summed E-state index contributed by atoms with van der Waals surface area (Å²) < 4.78 is 6.78.